The minimum atomic E-state index is -1.26. The molecule has 0 atom stereocenters. The van der Waals surface area contributed by atoms with E-state index >= 15 is 0 Å². The quantitative estimate of drug-likeness (QED) is 0.147. The summed E-state index contributed by atoms with van der Waals surface area (Å²) >= 11 is 6.21. The summed E-state index contributed by atoms with van der Waals surface area (Å²) < 4.78 is 10.2. The number of carbonyl (C=O) groups is 3. The summed E-state index contributed by atoms with van der Waals surface area (Å²) in [7, 11) is 1.40. The molecule has 3 N–H and O–H groups in total. The fourth-order valence-electron chi connectivity index (χ4n) is 4.07. The predicted molar refractivity (Wildman–Crippen MR) is 154 cm³/mol. The van der Waals surface area contributed by atoms with E-state index in [9.17, 15) is 14.4 Å². The number of rotatable bonds is 8. The van der Waals surface area contributed by atoms with Crippen molar-refractivity contribution in [3.05, 3.63) is 76.4 Å². The highest BCUT2D eigenvalue weighted by Gasteiger charge is 2.22. The van der Waals surface area contributed by atoms with Crippen molar-refractivity contribution >= 4 is 53.1 Å². The Morgan fingerprint density at radius 3 is 2.46 bits per heavy atom. The summed E-state index contributed by atoms with van der Waals surface area (Å²) in [6.07, 6.45) is 8.08. The van der Waals surface area contributed by atoms with Gasteiger partial charge in [-0.05, 0) is 42.5 Å². The van der Waals surface area contributed by atoms with E-state index in [-0.39, 0.29) is 33.9 Å². The van der Waals surface area contributed by atoms with Crippen molar-refractivity contribution in [3.8, 4) is 18.1 Å². The van der Waals surface area contributed by atoms with E-state index in [0.29, 0.717) is 42.7 Å². The van der Waals surface area contributed by atoms with Crippen LogP contribution in [0, 0.1) is 12.3 Å². The molecule has 2 amide bonds. The van der Waals surface area contributed by atoms with Crippen LogP contribution in [-0.2, 0) is 4.74 Å². The van der Waals surface area contributed by atoms with Gasteiger partial charge in [-0.2, -0.15) is 0 Å². The first kappa shape index (κ1) is 28.9. The summed E-state index contributed by atoms with van der Waals surface area (Å²) in [5, 5.41) is 14.4. The van der Waals surface area contributed by atoms with Gasteiger partial charge in [0.2, 0.25) is 0 Å². The van der Waals surface area contributed by atoms with Crippen molar-refractivity contribution in [1.82, 2.24) is 9.88 Å². The molecule has 1 saturated heterocycles. The van der Waals surface area contributed by atoms with Gasteiger partial charge >= 0.3 is 6.16 Å². The van der Waals surface area contributed by atoms with E-state index in [0.717, 1.165) is 0 Å². The van der Waals surface area contributed by atoms with Crippen molar-refractivity contribution in [2.75, 3.05) is 30.8 Å². The number of nitrogens with one attached hydrogen (secondary N) is 2. The predicted octanol–water partition coefficient (Wildman–Crippen LogP) is 5.05. The van der Waals surface area contributed by atoms with Crippen LogP contribution >= 0.6 is 11.6 Å². The number of ether oxygens (including phenoxy) is 2. The van der Waals surface area contributed by atoms with Gasteiger partial charge in [0.25, 0.3) is 11.8 Å². The summed E-state index contributed by atoms with van der Waals surface area (Å²) in [6.45, 7) is 1.24. The van der Waals surface area contributed by atoms with Crippen molar-refractivity contribution in [3.63, 3.8) is 0 Å². The van der Waals surface area contributed by atoms with Crippen LogP contribution in [0.3, 0.4) is 0 Å². The Morgan fingerprint density at radius 2 is 1.85 bits per heavy atom. The molecule has 12 heteroatoms. The molecule has 1 aliphatic rings. The van der Waals surface area contributed by atoms with Crippen LogP contribution in [0.2, 0.25) is 5.02 Å². The lowest BCUT2D eigenvalue weighted by molar-refractivity contribution is 0.0297. The number of aliphatic imine (C=N–C) groups is 1. The third-order valence-corrected chi connectivity index (χ3v) is 6.40. The topological polar surface area (TPSA) is 142 Å². The maximum atomic E-state index is 13.1. The number of hydrogen-bond acceptors (Lipinski definition) is 7. The lowest BCUT2D eigenvalue weighted by atomic mass is 10.1. The molecule has 2 aromatic carbocycles. The third-order valence-electron chi connectivity index (χ3n) is 6.19. The second kappa shape index (κ2) is 13.3. The van der Waals surface area contributed by atoms with E-state index < -0.39 is 18.0 Å². The van der Waals surface area contributed by atoms with E-state index in [1.54, 1.807) is 42.7 Å². The van der Waals surface area contributed by atoms with E-state index in [2.05, 4.69) is 26.5 Å². The largest absolute Gasteiger partial charge is 0.506 e. The van der Waals surface area contributed by atoms with Gasteiger partial charge in [0.1, 0.15) is 17.7 Å². The third kappa shape index (κ3) is 7.74. The van der Waals surface area contributed by atoms with Crippen molar-refractivity contribution in [1.29, 1.82) is 0 Å². The first-order valence-electron chi connectivity index (χ1n) is 12.5. The Balaban J connectivity index is 1.44. The van der Waals surface area contributed by atoms with Crippen LogP contribution in [-0.4, -0.2) is 65.6 Å². The number of anilines is 2. The number of benzene rings is 2. The molecular formula is C29H26ClN5O6. The highest BCUT2D eigenvalue weighted by Crippen LogP contribution is 2.33. The fourth-order valence-corrected chi connectivity index (χ4v) is 4.28. The summed E-state index contributed by atoms with van der Waals surface area (Å²) in [5.74, 6) is 1.87. The molecule has 0 unspecified atom stereocenters. The second-order valence-corrected chi connectivity index (χ2v) is 9.36. The van der Waals surface area contributed by atoms with Crippen molar-refractivity contribution < 1.29 is 29.0 Å². The zero-order chi connectivity index (χ0) is 29.4. The van der Waals surface area contributed by atoms with Crippen molar-refractivity contribution in [2.24, 2.45) is 4.99 Å². The molecule has 0 radical (unpaired) electrons. The molecule has 2 heterocycles. The monoisotopic (exact) mass is 575 g/mol. The summed E-state index contributed by atoms with van der Waals surface area (Å²) in [4.78, 5) is 47.5. The van der Waals surface area contributed by atoms with Gasteiger partial charge in [0.05, 0.1) is 30.4 Å². The van der Waals surface area contributed by atoms with E-state index in [4.69, 9.17) is 32.6 Å². The van der Waals surface area contributed by atoms with Crippen LogP contribution in [0.1, 0.15) is 39.1 Å². The van der Waals surface area contributed by atoms with Gasteiger partial charge in [-0.25, -0.2) is 14.8 Å². The van der Waals surface area contributed by atoms with Crippen LogP contribution < -0.4 is 15.4 Å². The Labute approximate surface area is 241 Å². The molecule has 11 nitrogen and oxygen atoms in total. The first-order valence-corrected chi connectivity index (χ1v) is 12.8. The highest BCUT2D eigenvalue weighted by molar-refractivity contribution is 6.31. The average Bonchev–Trinajstić information content (AvgIpc) is 2.97. The molecule has 3 aromatic rings. The number of carboxylic acid groups (broad SMARTS) is 1. The summed E-state index contributed by atoms with van der Waals surface area (Å²) in [6, 6.07) is 12.7. The lowest BCUT2D eigenvalue weighted by Gasteiger charge is -2.29. The maximum Gasteiger partial charge on any atom is 0.506 e. The molecule has 0 spiro atoms. The minimum absolute atomic E-state index is 0.0734. The molecule has 0 aliphatic carbocycles. The second-order valence-electron chi connectivity index (χ2n) is 8.93. The molecule has 0 bridgehead atoms. The number of hydrogen-bond donors (Lipinski definition) is 3. The molecule has 41 heavy (non-hydrogen) atoms. The molecule has 1 aliphatic heterocycles. The Morgan fingerprint density at radius 1 is 1.12 bits per heavy atom. The van der Waals surface area contributed by atoms with Gasteiger partial charge < -0.3 is 30.1 Å². The number of nitrogens with zero attached hydrogens (tertiary/aromatic N) is 3. The molecule has 1 fully saturated rings. The lowest BCUT2D eigenvalue weighted by Crippen LogP contribution is -2.36. The molecular weight excluding hydrogens is 550 g/mol. The van der Waals surface area contributed by atoms with E-state index in [1.165, 1.54) is 25.4 Å². The fraction of sp³-hybridized carbons (Fsp3) is 0.207. The maximum absolute atomic E-state index is 13.1. The first-order chi connectivity index (χ1) is 19.7. The number of methoxy groups -OCH3 is 1. The molecule has 4 rings (SSSR count). The van der Waals surface area contributed by atoms with Gasteiger partial charge in [-0.3, -0.25) is 9.59 Å². The highest BCUT2D eigenvalue weighted by atomic mass is 35.5. The zero-order valence-corrected chi connectivity index (χ0v) is 22.7. The number of piperidine rings is 1. The van der Waals surface area contributed by atoms with Gasteiger partial charge in [-0.15, -0.1) is 6.42 Å². The Kier molecular flexibility index (Phi) is 9.39. The smallest absolute Gasteiger partial charge is 0.494 e. The summed E-state index contributed by atoms with van der Waals surface area (Å²) in [5.41, 5.74) is 1.72. The zero-order valence-electron chi connectivity index (χ0n) is 22.0. The van der Waals surface area contributed by atoms with Crippen LogP contribution in [0.15, 0.2) is 59.7 Å². The molecule has 210 valence electrons. The van der Waals surface area contributed by atoms with Gasteiger partial charge in [0.15, 0.2) is 0 Å². The minimum Gasteiger partial charge on any atom is -0.494 e. The normalized spacial score (nSPS) is 13.3. The number of likely N-dealkylation sites (tertiary alicyclic amines) is 1. The number of halogens is 1. The molecule has 0 saturated carbocycles. The number of carbonyl (C=O) groups excluding carboxylic acids is 2. The number of pyridine rings is 1. The van der Waals surface area contributed by atoms with Crippen molar-refractivity contribution in [2.45, 2.75) is 18.9 Å². The van der Waals surface area contributed by atoms with Gasteiger partial charge in [0, 0.05) is 54.3 Å². The SMILES string of the molecule is C#Cc1ccc(NC(=O)c2cc(Cl)cc(OC)c2NC(=O)c2ccc(N=CN3CCC(OC(=O)O)CC3)cc2)nc1. The number of amides is 2. The van der Waals surface area contributed by atoms with Crippen LogP contribution in [0.4, 0.5) is 22.0 Å². The number of aromatic nitrogens is 1. The average molecular weight is 576 g/mol. The number of terminal acetylenes is 1. The van der Waals surface area contributed by atoms with Crippen LogP contribution in [0.5, 0.6) is 5.75 Å². The Hall–Kier alpha value is -5.08. The van der Waals surface area contributed by atoms with Gasteiger partial charge in [-0.1, -0.05) is 17.5 Å². The Bertz CT molecular complexity index is 1490. The van der Waals surface area contributed by atoms with Crippen LogP contribution in [0.25, 0.3) is 0 Å². The van der Waals surface area contributed by atoms with E-state index in [1.807, 2.05) is 4.90 Å². The molecule has 1 aromatic heterocycles. The standard InChI is InChI=1S/C29H26ClN5O6/c1-3-18-4-9-25(31-16-18)33-28(37)23-14-20(30)15-24(40-2)26(23)34-27(36)19-5-7-21(8-6-19)32-17-35-12-10-22(11-13-35)41-29(38)39/h1,4-9,14-17,22H,10-13H2,2H3,(H,34,36)(H,38,39)(H,31,33,37).